The summed E-state index contributed by atoms with van der Waals surface area (Å²) >= 11 is 0. The maximum Gasteiger partial charge on any atom is 0.135 e. The van der Waals surface area contributed by atoms with Gasteiger partial charge in [0, 0.05) is 12.0 Å². The number of Topliss-reactive ketones (excluding diaryl/α,β-unsaturated/α-hetero) is 1. The Morgan fingerprint density at radius 3 is 2.58 bits per heavy atom. The Kier molecular flexibility index (Phi) is 4.43. The summed E-state index contributed by atoms with van der Waals surface area (Å²) in [6.07, 6.45) is 10.1. The summed E-state index contributed by atoms with van der Waals surface area (Å²) in [5.74, 6) is 2.69. The molecule has 0 aromatic carbocycles. The first-order valence-electron chi connectivity index (χ1n) is 10.7. The number of hydrogen-bond acceptors (Lipinski definition) is 3. The molecule has 3 fully saturated rings. The number of carbonyl (C=O) groups excluding carboxylic acids is 1. The van der Waals surface area contributed by atoms with Crippen molar-refractivity contribution in [2.45, 2.75) is 77.9 Å². The number of rotatable bonds is 2. The predicted octanol–water partition coefficient (Wildman–Crippen LogP) is 4.06. The van der Waals surface area contributed by atoms with E-state index in [2.05, 4.69) is 38.9 Å². The maximum absolute atomic E-state index is 12.6. The molecule has 0 aliphatic heterocycles. The first-order valence-corrected chi connectivity index (χ1v) is 10.7. The number of carbonyl (C=O) groups is 1. The number of ketones is 1. The second-order valence-electron chi connectivity index (χ2n) is 10.6. The lowest BCUT2D eigenvalue weighted by molar-refractivity contribution is -0.129. The van der Waals surface area contributed by atoms with Gasteiger partial charge in [-0.2, -0.15) is 0 Å². The molecule has 8 unspecified atom stereocenters. The number of allylic oxidation sites excluding steroid dienone is 1. The third-order valence-electron chi connectivity index (χ3n) is 9.21. The lowest BCUT2D eigenvalue weighted by Gasteiger charge is -2.57. The van der Waals surface area contributed by atoms with Crippen molar-refractivity contribution in [1.29, 1.82) is 0 Å². The van der Waals surface area contributed by atoms with Gasteiger partial charge in [0.25, 0.3) is 0 Å². The van der Waals surface area contributed by atoms with E-state index in [0.717, 1.165) is 31.6 Å². The van der Waals surface area contributed by atoms with Crippen LogP contribution in [0.15, 0.2) is 11.6 Å². The van der Waals surface area contributed by atoms with E-state index in [0.29, 0.717) is 23.7 Å². The molecule has 4 rings (SSSR count). The Morgan fingerprint density at radius 2 is 1.92 bits per heavy atom. The van der Waals surface area contributed by atoms with Crippen molar-refractivity contribution < 1.29 is 9.90 Å². The summed E-state index contributed by atoms with van der Waals surface area (Å²) in [6, 6.07) is 0.396. The molecule has 4 aliphatic rings. The first kappa shape index (κ1) is 18.7. The normalized spacial score (nSPS) is 50.7. The molecule has 1 N–H and O–H groups in total. The van der Waals surface area contributed by atoms with Crippen LogP contribution in [0.3, 0.4) is 0 Å². The molecule has 8 atom stereocenters. The first-order chi connectivity index (χ1) is 12.2. The van der Waals surface area contributed by atoms with E-state index in [1.807, 2.05) is 6.92 Å². The quantitative estimate of drug-likeness (QED) is 0.756. The Balaban J connectivity index is 1.69. The van der Waals surface area contributed by atoms with Crippen molar-refractivity contribution >= 4 is 5.78 Å². The van der Waals surface area contributed by atoms with E-state index in [1.165, 1.54) is 24.8 Å². The third-order valence-corrected chi connectivity index (χ3v) is 9.21. The fourth-order valence-electron chi connectivity index (χ4n) is 7.90. The van der Waals surface area contributed by atoms with Crippen LogP contribution in [0.4, 0.5) is 0 Å². The van der Waals surface area contributed by atoms with E-state index >= 15 is 0 Å². The van der Waals surface area contributed by atoms with Crippen molar-refractivity contribution in [3.8, 4) is 0 Å². The molecule has 0 spiro atoms. The monoisotopic (exact) mass is 359 g/mol. The van der Waals surface area contributed by atoms with Gasteiger partial charge in [-0.1, -0.05) is 25.5 Å². The molecule has 0 radical (unpaired) electrons. The van der Waals surface area contributed by atoms with E-state index < -0.39 is 0 Å². The summed E-state index contributed by atoms with van der Waals surface area (Å²) < 4.78 is 0. The van der Waals surface area contributed by atoms with Gasteiger partial charge >= 0.3 is 0 Å². The van der Waals surface area contributed by atoms with Crippen LogP contribution in [0.1, 0.15) is 65.7 Å². The smallest absolute Gasteiger partial charge is 0.135 e. The molecule has 146 valence electrons. The summed E-state index contributed by atoms with van der Waals surface area (Å²) in [6.45, 7) is 6.73. The lowest BCUT2D eigenvalue weighted by atomic mass is 9.47. The highest BCUT2D eigenvalue weighted by Gasteiger charge is 2.62. The van der Waals surface area contributed by atoms with Gasteiger partial charge in [-0.15, -0.1) is 0 Å². The maximum atomic E-state index is 12.6. The minimum absolute atomic E-state index is 0.133. The molecule has 0 heterocycles. The highest BCUT2D eigenvalue weighted by atomic mass is 16.3. The average Bonchev–Trinajstić information content (AvgIpc) is 2.89. The van der Waals surface area contributed by atoms with Gasteiger partial charge < -0.3 is 10.0 Å². The highest BCUT2D eigenvalue weighted by molar-refractivity contribution is 5.80. The summed E-state index contributed by atoms with van der Waals surface area (Å²) in [5, 5.41) is 10.2. The van der Waals surface area contributed by atoms with E-state index in [1.54, 1.807) is 0 Å². The van der Waals surface area contributed by atoms with E-state index in [9.17, 15) is 9.90 Å². The van der Waals surface area contributed by atoms with Gasteiger partial charge in [0.2, 0.25) is 0 Å². The Hall–Kier alpha value is -0.670. The number of nitrogens with zero attached hydrogens (tertiary/aromatic N) is 1. The van der Waals surface area contributed by atoms with Gasteiger partial charge in [-0.05, 0) is 94.5 Å². The van der Waals surface area contributed by atoms with Crippen LogP contribution in [0.5, 0.6) is 0 Å². The minimum Gasteiger partial charge on any atom is -0.393 e. The molecule has 0 aromatic rings. The van der Waals surface area contributed by atoms with Crippen LogP contribution in [0, 0.1) is 34.5 Å². The van der Waals surface area contributed by atoms with Crippen LogP contribution in [-0.2, 0) is 4.79 Å². The molecule has 4 aliphatic carbocycles. The third kappa shape index (κ3) is 2.49. The zero-order chi connectivity index (χ0) is 18.9. The minimum atomic E-state index is -0.133. The number of hydrogen-bond donors (Lipinski definition) is 1. The van der Waals surface area contributed by atoms with E-state index in [-0.39, 0.29) is 22.9 Å². The number of aliphatic hydroxyl groups is 1. The van der Waals surface area contributed by atoms with Crippen LogP contribution in [-0.4, -0.2) is 42.0 Å². The van der Waals surface area contributed by atoms with Gasteiger partial charge in [-0.3, -0.25) is 4.79 Å². The number of fused-ring (bicyclic) bond motifs is 5. The molecule has 0 saturated heterocycles. The molecule has 3 saturated carbocycles. The van der Waals surface area contributed by atoms with Gasteiger partial charge in [-0.25, -0.2) is 0 Å². The zero-order valence-electron chi connectivity index (χ0n) is 17.3. The molecule has 3 nitrogen and oxygen atoms in total. The van der Waals surface area contributed by atoms with Crippen LogP contribution in [0.2, 0.25) is 0 Å². The van der Waals surface area contributed by atoms with Crippen molar-refractivity contribution in [3.05, 3.63) is 11.6 Å². The Labute approximate surface area is 159 Å². The molecule has 3 heteroatoms. The second kappa shape index (κ2) is 6.17. The van der Waals surface area contributed by atoms with Crippen molar-refractivity contribution in [2.24, 2.45) is 34.5 Å². The fourth-order valence-corrected chi connectivity index (χ4v) is 7.90. The molecule has 26 heavy (non-hydrogen) atoms. The van der Waals surface area contributed by atoms with Crippen LogP contribution in [0.25, 0.3) is 0 Å². The van der Waals surface area contributed by atoms with Gasteiger partial charge in [0.05, 0.1) is 6.10 Å². The Morgan fingerprint density at radius 1 is 1.19 bits per heavy atom. The molecular weight excluding hydrogens is 322 g/mol. The van der Waals surface area contributed by atoms with Gasteiger partial charge in [0.1, 0.15) is 5.78 Å². The van der Waals surface area contributed by atoms with E-state index in [4.69, 9.17) is 0 Å². The predicted molar refractivity (Wildman–Crippen MR) is 105 cm³/mol. The number of aliphatic hydroxyl groups excluding tert-OH is 1. The molecule has 0 bridgehead atoms. The topological polar surface area (TPSA) is 40.5 Å². The summed E-state index contributed by atoms with van der Waals surface area (Å²) in [5.41, 5.74) is 1.98. The van der Waals surface area contributed by atoms with Crippen molar-refractivity contribution in [2.75, 3.05) is 14.1 Å². The SMILES string of the molecule is CC(=O)C1C(N(C)C)CC2C3CC=C4CC(O)CCC4(C)C3CCC21C. The second-order valence-corrected chi connectivity index (χ2v) is 10.6. The lowest BCUT2D eigenvalue weighted by Crippen LogP contribution is -2.51. The van der Waals surface area contributed by atoms with Crippen LogP contribution >= 0.6 is 0 Å². The highest BCUT2D eigenvalue weighted by Crippen LogP contribution is 2.66. The van der Waals surface area contributed by atoms with Crippen molar-refractivity contribution in [3.63, 3.8) is 0 Å². The summed E-state index contributed by atoms with van der Waals surface area (Å²) in [4.78, 5) is 15.0. The molecule has 0 aromatic heterocycles. The average molecular weight is 360 g/mol. The fraction of sp³-hybridized carbons (Fsp3) is 0.870. The molecule has 0 amide bonds. The standard InChI is InChI=1S/C23H37NO2/c1-14(25)21-20(24(4)5)13-19-17-7-6-15-12-16(26)8-10-22(15,2)18(17)9-11-23(19,21)3/h6,16-21,26H,7-13H2,1-5H3. The largest absolute Gasteiger partial charge is 0.393 e. The molecular formula is C23H37NO2. The Bertz CT molecular complexity index is 626. The van der Waals surface area contributed by atoms with Gasteiger partial charge in [0.15, 0.2) is 0 Å². The zero-order valence-corrected chi connectivity index (χ0v) is 17.3. The summed E-state index contributed by atoms with van der Waals surface area (Å²) in [7, 11) is 4.31. The van der Waals surface area contributed by atoms with Crippen molar-refractivity contribution in [1.82, 2.24) is 4.90 Å². The van der Waals surface area contributed by atoms with Crippen LogP contribution < -0.4 is 0 Å².